The van der Waals surface area contributed by atoms with Gasteiger partial charge in [-0.3, -0.25) is 18.9 Å². The Morgan fingerprint density at radius 3 is 2.71 bits per heavy atom. The van der Waals surface area contributed by atoms with Crippen LogP contribution in [-0.4, -0.2) is 74.8 Å². The van der Waals surface area contributed by atoms with Gasteiger partial charge in [-0.25, -0.2) is 19.3 Å². The number of halogens is 4. The van der Waals surface area contributed by atoms with Crippen LogP contribution in [-0.2, 0) is 11.0 Å². The van der Waals surface area contributed by atoms with E-state index in [1.807, 2.05) is 4.90 Å². The molecule has 212 valence electrons. The highest BCUT2D eigenvalue weighted by Crippen LogP contribution is 2.34. The first-order valence-corrected chi connectivity index (χ1v) is 12.6. The molecule has 11 nitrogen and oxygen atoms in total. The second-order valence-electron chi connectivity index (χ2n) is 9.66. The highest BCUT2D eigenvalue weighted by molar-refractivity contribution is 6.04. The van der Waals surface area contributed by atoms with E-state index in [0.717, 1.165) is 24.9 Å². The molecule has 0 radical (unpaired) electrons. The molecule has 2 aliphatic rings. The summed E-state index contributed by atoms with van der Waals surface area (Å²) in [6.07, 6.45) is -0.558. The maximum absolute atomic E-state index is 15.5. The number of imidazole rings is 1. The number of aromatic nitrogens is 4. The summed E-state index contributed by atoms with van der Waals surface area (Å²) in [5, 5.41) is 5.14. The molecular formula is C26H23F4N9O2. The molecule has 41 heavy (non-hydrogen) atoms. The molecule has 0 saturated carbocycles. The Balaban J connectivity index is 1.31. The number of rotatable bonds is 4. The number of benzene rings is 1. The normalized spacial score (nSPS) is 17.8. The number of hydrogen-bond donors (Lipinski definition) is 3. The predicted molar refractivity (Wildman–Crippen MR) is 141 cm³/mol. The van der Waals surface area contributed by atoms with Crippen LogP contribution >= 0.6 is 0 Å². The summed E-state index contributed by atoms with van der Waals surface area (Å²) >= 11 is 0. The van der Waals surface area contributed by atoms with Gasteiger partial charge in [0.25, 0.3) is 5.91 Å². The molecule has 6 rings (SSSR count). The van der Waals surface area contributed by atoms with E-state index >= 15 is 4.39 Å². The van der Waals surface area contributed by atoms with Crippen LogP contribution in [0, 0.1) is 5.82 Å². The van der Waals surface area contributed by atoms with Crippen LogP contribution in [0.5, 0.6) is 0 Å². The molecule has 2 amide bonds. The molecule has 0 spiro atoms. The Morgan fingerprint density at radius 1 is 1.10 bits per heavy atom. The molecule has 4 aromatic rings. The first-order valence-electron chi connectivity index (χ1n) is 12.6. The second kappa shape index (κ2) is 9.99. The Bertz CT molecular complexity index is 1670. The third-order valence-corrected chi connectivity index (χ3v) is 7.15. The van der Waals surface area contributed by atoms with Gasteiger partial charge in [0.05, 0.1) is 5.56 Å². The molecule has 2 saturated heterocycles. The number of piperazine rings is 2. The lowest BCUT2D eigenvalue weighted by Gasteiger charge is -2.43. The van der Waals surface area contributed by atoms with Crippen LogP contribution in [0.1, 0.15) is 15.9 Å². The van der Waals surface area contributed by atoms with E-state index in [4.69, 9.17) is 10.7 Å². The van der Waals surface area contributed by atoms with E-state index in [2.05, 4.69) is 25.5 Å². The van der Waals surface area contributed by atoms with E-state index in [0.29, 0.717) is 43.7 Å². The molecular weight excluding hydrogens is 546 g/mol. The fourth-order valence-corrected chi connectivity index (χ4v) is 5.13. The van der Waals surface area contributed by atoms with Gasteiger partial charge in [-0.05, 0) is 30.3 Å². The van der Waals surface area contributed by atoms with Crippen molar-refractivity contribution in [3.63, 3.8) is 0 Å². The molecule has 3 aromatic heterocycles. The number of hydrogen-bond acceptors (Lipinski definition) is 8. The van der Waals surface area contributed by atoms with Crippen LogP contribution in [0.25, 0.3) is 16.8 Å². The maximum atomic E-state index is 15.5. The monoisotopic (exact) mass is 569 g/mol. The minimum atomic E-state index is -4.62. The van der Waals surface area contributed by atoms with Crippen LogP contribution < -0.4 is 21.3 Å². The minimum Gasteiger partial charge on any atom is -0.382 e. The van der Waals surface area contributed by atoms with Crippen LogP contribution in [0.4, 0.5) is 35.1 Å². The number of nitrogens with two attached hydrogens (primary N) is 1. The van der Waals surface area contributed by atoms with Crippen molar-refractivity contribution < 1.29 is 27.2 Å². The van der Waals surface area contributed by atoms with Gasteiger partial charge in [0.1, 0.15) is 34.7 Å². The second-order valence-corrected chi connectivity index (χ2v) is 9.66. The van der Waals surface area contributed by atoms with Gasteiger partial charge in [0.15, 0.2) is 0 Å². The van der Waals surface area contributed by atoms with E-state index in [9.17, 15) is 22.8 Å². The quantitative estimate of drug-likeness (QED) is 0.319. The number of nitrogens with zero attached hydrogens (tertiary/aromatic N) is 6. The van der Waals surface area contributed by atoms with Gasteiger partial charge >= 0.3 is 6.18 Å². The lowest BCUT2D eigenvalue weighted by atomic mass is 10.1. The molecule has 1 atom stereocenters. The highest BCUT2D eigenvalue weighted by atomic mass is 19.4. The van der Waals surface area contributed by atoms with Crippen molar-refractivity contribution in [3.05, 3.63) is 65.9 Å². The average molecular weight is 570 g/mol. The van der Waals surface area contributed by atoms with E-state index in [1.54, 1.807) is 10.6 Å². The minimum absolute atomic E-state index is 0.0382. The number of nitrogens with one attached hydrogen (secondary N) is 2. The SMILES string of the molecule is Nc1nccn2c(N3CCN4CCNC(=O)C4C3)nc(-c3ccc(C(=O)Nc4cc(C(F)(F)F)ccn4)cc3F)c12. The molecule has 0 aliphatic carbocycles. The van der Waals surface area contributed by atoms with Crippen molar-refractivity contribution in [1.82, 2.24) is 29.6 Å². The number of amides is 2. The summed E-state index contributed by atoms with van der Waals surface area (Å²) in [6, 6.07) is 4.74. The van der Waals surface area contributed by atoms with Gasteiger partial charge < -0.3 is 21.3 Å². The first kappa shape index (κ1) is 26.4. The fourth-order valence-electron chi connectivity index (χ4n) is 5.13. The lowest BCUT2D eigenvalue weighted by Crippen LogP contribution is -2.64. The molecule has 0 bridgehead atoms. The summed E-state index contributed by atoms with van der Waals surface area (Å²) < 4.78 is 56.2. The molecule has 1 unspecified atom stereocenters. The smallest absolute Gasteiger partial charge is 0.382 e. The average Bonchev–Trinajstić information content (AvgIpc) is 3.33. The number of fused-ring (bicyclic) bond motifs is 2. The summed E-state index contributed by atoms with van der Waals surface area (Å²) in [4.78, 5) is 41.8. The number of nitrogen functional groups attached to an aromatic ring is 1. The Hall–Kier alpha value is -4.79. The summed E-state index contributed by atoms with van der Waals surface area (Å²) in [7, 11) is 0. The summed E-state index contributed by atoms with van der Waals surface area (Å²) in [5.41, 5.74) is 5.64. The molecule has 2 aliphatic heterocycles. The van der Waals surface area contributed by atoms with Crippen molar-refractivity contribution >= 4 is 34.9 Å². The molecule has 15 heteroatoms. The summed E-state index contributed by atoms with van der Waals surface area (Å²) in [6.45, 7) is 2.94. The van der Waals surface area contributed by atoms with E-state index in [-0.39, 0.29) is 40.4 Å². The number of alkyl halides is 3. The predicted octanol–water partition coefficient (Wildman–Crippen LogP) is 2.40. The number of anilines is 3. The van der Waals surface area contributed by atoms with E-state index < -0.39 is 23.5 Å². The van der Waals surface area contributed by atoms with Crippen molar-refractivity contribution in [1.29, 1.82) is 0 Å². The van der Waals surface area contributed by atoms with Gasteiger partial charge in [0, 0.05) is 62.4 Å². The molecule has 1 aromatic carbocycles. The highest BCUT2D eigenvalue weighted by Gasteiger charge is 2.36. The van der Waals surface area contributed by atoms with Crippen molar-refractivity contribution in [2.45, 2.75) is 12.2 Å². The standard InChI is InChI=1S/C26H23F4N9O2/c27-17-11-14(23(40)35-19-12-15(3-4-32-19)26(28,29)30)1-2-16(17)20-21-22(31)33-6-8-39(21)25(36-20)38-10-9-37-7-5-34-24(41)18(37)13-38/h1-4,6,8,11-12,18H,5,7,9-10,13H2,(H2,31,33)(H,34,41)(H,32,35,40). The van der Waals surface area contributed by atoms with Crippen LogP contribution in [0.2, 0.25) is 0 Å². The van der Waals surface area contributed by atoms with Gasteiger partial charge in [-0.2, -0.15) is 13.2 Å². The maximum Gasteiger partial charge on any atom is 0.416 e. The Labute approximate surface area is 230 Å². The van der Waals surface area contributed by atoms with Crippen molar-refractivity contribution in [2.75, 3.05) is 48.7 Å². The molecule has 2 fully saturated rings. The van der Waals surface area contributed by atoms with Gasteiger partial charge in [-0.1, -0.05) is 0 Å². The van der Waals surface area contributed by atoms with Crippen LogP contribution in [0.15, 0.2) is 48.9 Å². The Kier molecular flexibility index (Phi) is 6.44. The first-order chi connectivity index (χ1) is 19.6. The number of pyridine rings is 1. The zero-order valence-corrected chi connectivity index (χ0v) is 21.3. The molecule has 4 N–H and O–H groups in total. The third kappa shape index (κ3) is 4.88. The van der Waals surface area contributed by atoms with E-state index in [1.165, 1.54) is 18.3 Å². The number of carbonyl (C=O) groups is 2. The van der Waals surface area contributed by atoms with Gasteiger partial charge in [0.2, 0.25) is 11.9 Å². The van der Waals surface area contributed by atoms with Crippen molar-refractivity contribution in [3.8, 4) is 11.3 Å². The largest absolute Gasteiger partial charge is 0.416 e. The lowest BCUT2D eigenvalue weighted by molar-refractivity contribution is -0.137. The molecule has 5 heterocycles. The van der Waals surface area contributed by atoms with Gasteiger partial charge in [-0.15, -0.1) is 0 Å². The topological polar surface area (TPSA) is 134 Å². The zero-order chi connectivity index (χ0) is 28.9. The van der Waals surface area contributed by atoms with Crippen LogP contribution in [0.3, 0.4) is 0 Å². The van der Waals surface area contributed by atoms with Crippen molar-refractivity contribution in [2.24, 2.45) is 0 Å². The fraction of sp³-hybridized carbons (Fsp3) is 0.269. The Morgan fingerprint density at radius 2 is 1.93 bits per heavy atom. The third-order valence-electron chi connectivity index (χ3n) is 7.15. The number of carbonyl (C=O) groups excluding carboxylic acids is 2. The summed E-state index contributed by atoms with van der Waals surface area (Å²) in [5.74, 6) is -1.48. The zero-order valence-electron chi connectivity index (χ0n) is 21.3.